The fourth-order valence-corrected chi connectivity index (χ4v) is 3.38. The molecule has 0 atom stereocenters. The lowest BCUT2D eigenvalue weighted by molar-refractivity contribution is -0.123. The van der Waals surface area contributed by atoms with Gasteiger partial charge in [-0.15, -0.1) is 0 Å². The third kappa shape index (κ3) is 7.27. The summed E-state index contributed by atoms with van der Waals surface area (Å²) in [7, 11) is 0. The third-order valence-corrected chi connectivity index (χ3v) is 4.84. The lowest BCUT2D eigenvalue weighted by atomic mass is 10.2. The van der Waals surface area contributed by atoms with E-state index in [1.54, 1.807) is 18.0 Å². The smallest absolute Gasteiger partial charge is 0.243 e. The Morgan fingerprint density at radius 2 is 2.04 bits per heavy atom. The number of rotatable bonds is 8. The second kappa shape index (κ2) is 10.2. The zero-order valence-corrected chi connectivity index (χ0v) is 16.3. The van der Waals surface area contributed by atoms with Crippen molar-refractivity contribution < 1.29 is 9.59 Å². The van der Waals surface area contributed by atoms with E-state index in [0.29, 0.717) is 12.2 Å². The highest BCUT2D eigenvalue weighted by molar-refractivity contribution is 9.10. The largest absolute Gasteiger partial charge is 0.347 e. The second-order valence-electron chi connectivity index (χ2n) is 5.41. The molecule has 5 nitrogen and oxygen atoms in total. The summed E-state index contributed by atoms with van der Waals surface area (Å²) in [6.45, 7) is 1.89. The Hall–Kier alpha value is -1.86. The number of aryl methyl sites for hydroxylation is 1. The van der Waals surface area contributed by atoms with Crippen molar-refractivity contribution in [3.8, 4) is 0 Å². The average molecular weight is 422 g/mol. The molecule has 0 radical (unpaired) electrons. The number of anilines is 1. The molecule has 0 aliphatic heterocycles. The predicted octanol–water partition coefficient (Wildman–Crippen LogP) is 3.53. The molecule has 7 heteroatoms. The standard InChI is InChI=1S/C18H20BrN3O2S/c1-13-10-14(19)5-6-16(13)22-18(24)11-21-17(23)7-9-25-12-15-4-2-3-8-20-15/h2-6,8,10H,7,9,11-12H2,1H3,(H,21,23)(H,22,24). The van der Waals surface area contributed by atoms with E-state index in [-0.39, 0.29) is 18.4 Å². The molecular weight excluding hydrogens is 402 g/mol. The van der Waals surface area contributed by atoms with Gasteiger partial charge in [0.15, 0.2) is 0 Å². The maximum atomic E-state index is 11.9. The number of carbonyl (C=O) groups excluding carboxylic acids is 2. The van der Waals surface area contributed by atoms with Gasteiger partial charge in [-0.3, -0.25) is 14.6 Å². The Labute approximate surface area is 160 Å². The van der Waals surface area contributed by atoms with Crippen LogP contribution in [-0.4, -0.2) is 29.1 Å². The SMILES string of the molecule is Cc1cc(Br)ccc1NC(=O)CNC(=O)CCSCc1ccccn1. The third-order valence-electron chi connectivity index (χ3n) is 3.36. The minimum Gasteiger partial charge on any atom is -0.347 e. The molecular formula is C18H20BrN3O2S. The van der Waals surface area contributed by atoms with Gasteiger partial charge < -0.3 is 10.6 Å². The number of halogens is 1. The summed E-state index contributed by atoms with van der Waals surface area (Å²) < 4.78 is 0.958. The number of pyridine rings is 1. The molecule has 132 valence electrons. The first kappa shape index (κ1) is 19.5. The number of nitrogens with zero attached hydrogens (tertiary/aromatic N) is 1. The van der Waals surface area contributed by atoms with Gasteiger partial charge in [0.2, 0.25) is 11.8 Å². The molecule has 2 rings (SSSR count). The van der Waals surface area contributed by atoms with E-state index in [0.717, 1.165) is 27.2 Å². The number of aromatic nitrogens is 1. The molecule has 0 saturated carbocycles. The van der Waals surface area contributed by atoms with Crippen molar-refractivity contribution in [3.05, 3.63) is 58.3 Å². The van der Waals surface area contributed by atoms with Gasteiger partial charge >= 0.3 is 0 Å². The van der Waals surface area contributed by atoms with Crippen LogP contribution in [0, 0.1) is 6.92 Å². The van der Waals surface area contributed by atoms with E-state index in [4.69, 9.17) is 0 Å². The number of amides is 2. The summed E-state index contributed by atoms with van der Waals surface area (Å²) in [4.78, 5) is 27.9. The number of carbonyl (C=O) groups is 2. The van der Waals surface area contributed by atoms with E-state index in [9.17, 15) is 9.59 Å². The molecule has 0 aliphatic rings. The van der Waals surface area contributed by atoms with Gasteiger partial charge in [-0.05, 0) is 42.8 Å². The molecule has 0 bridgehead atoms. The second-order valence-corrected chi connectivity index (χ2v) is 7.43. The van der Waals surface area contributed by atoms with Crippen LogP contribution in [0.2, 0.25) is 0 Å². The molecule has 0 spiro atoms. The van der Waals surface area contributed by atoms with Gasteiger partial charge in [-0.2, -0.15) is 11.8 Å². The summed E-state index contributed by atoms with van der Waals surface area (Å²) in [5.41, 5.74) is 2.70. The van der Waals surface area contributed by atoms with Gasteiger partial charge in [0.25, 0.3) is 0 Å². The van der Waals surface area contributed by atoms with Crippen molar-refractivity contribution in [2.24, 2.45) is 0 Å². The van der Waals surface area contributed by atoms with Crippen LogP contribution in [0.3, 0.4) is 0 Å². The maximum absolute atomic E-state index is 11.9. The minimum absolute atomic E-state index is 0.0285. The van der Waals surface area contributed by atoms with Crippen molar-refractivity contribution in [2.45, 2.75) is 19.1 Å². The van der Waals surface area contributed by atoms with Crippen LogP contribution < -0.4 is 10.6 Å². The van der Waals surface area contributed by atoms with Crippen molar-refractivity contribution in [1.82, 2.24) is 10.3 Å². The number of hydrogen-bond donors (Lipinski definition) is 2. The van der Waals surface area contributed by atoms with Gasteiger partial charge in [0.05, 0.1) is 12.2 Å². The molecule has 0 fully saturated rings. The number of nitrogens with one attached hydrogen (secondary N) is 2. The molecule has 2 N–H and O–H groups in total. The summed E-state index contributed by atoms with van der Waals surface area (Å²) in [6, 6.07) is 11.4. The Bertz CT molecular complexity index is 726. The molecule has 0 unspecified atom stereocenters. The zero-order chi connectivity index (χ0) is 18.1. The topological polar surface area (TPSA) is 71.1 Å². The first-order valence-corrected chi connectivity index (χ1v) is 9.80. The van der Waals surface area contributed by atoms with Crippen LogP contribution in [0.4, 0.5) is 5.69 Å². The molecule has 1 heterocycles. The van der Waals surface area contributed by atoms with Gasteiger partial charge in [-0.1, -0.05) is 22.0 Å². The summed E-state index contributed by atoms with van der Waals surface area (Å²) in [5.74, 6) is 1.10. The zero-order valence-electron chi connectivity index (χ0n) is 13.9. The van der Waals surface area contributed by atoms with Crippen LogP contribution in [0.5, 0.6) is 0 Å². The Kier molecular flexibility index (Phi) is 7.94. The maximum Gasteiger partial charge on any atom is 0.243 e. The lowest BCUT2D eigenvalue weighted by Gasteiger charge is -2.09. The van der Waals surface area contributed by atoms with Crippen molar-refractivity contribution in [2.75, 3.05) is 17.6 Å². The fourth-order valence-electron chi connectivity index (χ4n) is 2.05. The summed E-state index contributed by atoms with van der Waals surface area (Å²) in [5, 5.41) is 5.44. The molecule has 0 saturated heterocycles. The minimum atomic E-state index is -0.236. The normalized spacial score (nSPS) is 10.3. The molecule has 1 aromatic heterocycles. The molecule has 25 heavy (non-hydrogen) atoms. The van der Waals surface area contributed by atoms with E-state index in [2.05, 4.69) is 31.5 Å². The number of hydrogen-bond acceptors (Lipinski definition) is 4. The van der Waals surface area contributed by atoms with E-state index in [1.165, 1.54) is 0 Å². The summed E-state index contributed by atoms with van der Waals surface area (Å²) >= 11 is 5.03. The van der Waals surface area contributed by atoms with E-state index < -0.39 is 0 Å². The van der Waals surface area contributed by atoms with Crippen LogP contribution in [0.15, 0.2) is 47.1 Å². The molecule has 0 aliphatic carbocycles. The van der Waals surface area contributed by atoms with E-state index >= 15 is 0 Å². The van der Waals surface area contributed by atoms with Crippen LogP contribution in [0.25, 0.3) is 0 Å². The Balaban J connectivity index is 1.63. The summed E-state index contributed by atoms with van der Waals surface area (Å²) in [6.07, 6.45) is 2.14. The highest BCUT2D eigenvalue weighted by Gasteiger charge is 2.08. The number of thioether (sulfide) groups is 1. The molecule has 1 aromatic carbocycles. The highest BCUT2D eigenvalue weighted by Crippen LogP contribution is 2.19. The fraction of sp³-hybridized carbons (Fsp3) is 0.278. The quantitative estimate of drug-likeness (QED) is 0.639. The Morgan fingerprint density at radius 1 is 1.20 bits per heavy atom. The highest BCUT2D eigenvalue weighted by atomic mass is 79.9. The first-order chi connectivity index (χ1) is 12.0. The number of benzene rings is 1. The monoisotopic (exact) mass is 421 g/mol. The van der Waals surface area contributed by atoms with Gasteiger partial charge in [-0.25, -0.2) is 0 Å². The van der Waals surface area contributed by atoms with Crippen LogP contribution in [-0.2, 0) is 15.3 Å². The predicted molar refractivity (Wildman–Crippen MR) is 106 cm³/mol. The van der Waals surface area contributed by atoms with Crippen molar-refractivity contribution in [3.63, 3.8) is 0 Å². The van der Waals surface area contributed by atoms with E-state index in [1.807, 2.05) is 43.3 Å². The van der Waals surface area contributed by atoms with Crippen LogP contribution >= 0.6 is 27.7 Å². The first-order valence-electron chi connectivity index (χ1n) is 7.85. The molecule has 2 aromatic rings. The average Bonchev–Trinajstić information content (AvgIpc) is 2.60. The van der Waals surface area contributed by atoms with Gasteiger partial charge in [0.1, 0.15) is 0 Å². The van der Waals surface area contributed by atoms with Crippen LogP contribution in [0.1, 0.15) is 17.7 Å². The van der Waals surface area contributed by atoms with Crippen molar-refractivity contribution in [1.29, 1.82) is 0 Å². The Morgan fingerprint density at radius 3 is 2.76 bits per heavy atom. The lowest BCUT2D eigenvalue weighted by Crippen LogP contribution is -2.33. The van der Waals surface area contributed by atoms with Gasteiger partial charge in [0, 0.05) is 34.3 Å². The van der Waals surface area contributed by atoms with Crippen molar-refractivity contribution >= 4 is 45.2 Å². The molecule has 2 amide bonds.